The van der Waals surface area contributed by atoms with E-state index in [0.29, 0.717) is 36.4 Å². The van der Waals surface area contributed by atoms with E-state index in [1.165, 1.54) is 63.5 Å². The van der Waals surface area contributed by atoms with Crippen LogP contribution in [0, 0.1) is 11.8 Å². The largest absolute Gasteiger partial charge is 0.504 e. The Labute approximate surface area is 175 Å². The maximum absolute atomic E-state index is 9.50. The molecule has 2 N–H and O–H groups in total. The van der Waals surface area contributed by atoms with Gasteiger partial charge in [-0.3, -0.25) is 0 Å². The quantitative estimate of drug-likeness (QED) is 0.319. The summed E-state index contributed by atoms with van der Waals surface area (Å²) in [5.74, 6) is 1.57. The SMILES string of the molecule is CCCCCCOCC1C2CCC(O2)C1CCCCCOc1ccc(O)c(O)c1. The van der Waals surface area contributed by atoms with Crippen LogP contribution in [-0.4, -0.2) is 42.2 Å². The van der Waals surface area contributed by atoms with Gasteiger partial charge >= 0.3 is 0 Å². The summed E-state index contributed by atoms with van der Waals surface area (Å²) in [5, 5.41) is 18.8. The Morgan fingerprint density at radius 2 is 1.66 bits per heavy atom. The topological polar surface area (TPSA) is 68.2 Å². The molecule has 0 saturated carbocycles. The zero-order valence-electron chi connectivity index (χ0n) is 17.9. The number of fused-ring (bicyclic) bond motifs is 2. The Morgan fingerprint density at radius 3 is 2.45 bits per heavy atom. The molecular formula is C24H38O5. The standard InChI is InChI=1S/C24H38O5/c1-2-3-4-7-14-27-17-20-19(23-12-13-24(20)29-23)9-6-5-8-15-28-18-10-11-21(25)22(26)16-18/h10-11,16,19-20,23-26H,2-9,12-15,17H2,1H3. The Hall–Kier alpha value is -1.46. The zero-order chi connectivity index (χ0) is 20.5. The molecule has 5 heteroatoms. The van der Waals surface area contributed by atoms with Gasteiger partial charge in [0, 0.05) is 18.6 Å². The second-order valence-corrected chi connectivity index (χ2v) is 8.60. The van der Waals surface area contributed by atoms with Crippen molar-refractivity contribution in [3.63, 3.8) is 0 Å². The van der Waals surface area contributed by atoms with E-state index in [9.17, 15) is 10.2 Å². The molecule has 1 aromatic carbocycles. The van der Waals surface area contributed by atoms with Gasteiger partial charge in [-0.05, 0) is 50.2 Å². The van der Waals surface area contributed by atoms with Crippen molar-refractivity contribution >= 4 is 0 Å². The van der Waals surface area contributed by atoms with Gasteiger partial charge in [0.1, 0.15) is 5.75 Å². The first-order valence-electron chi connectivity index (χ1n) is 11.6. The summed E-state index contributed by atoms with van der Waals surface area (Å²) >= 11 is 0. The Bertz CT molecular complexity index is 605. The lowest BCUT2D eigenvalue weighted by atomic mass is 9.77. The summed E-state index contributed by atoms with van der Waals surface area (Å²) in [5.41, 5.74) is 0. The number of benzene rings is 1. The average Bonchev–Trinajstić information content (AvgIpc) is 3.32. The normalized spacial score (nSPS) is 25.6. The highest BCUT2D eigenvalue weighted by Gasteiger charge is 2.48. The first kappa shape index (κ1) is 22.2. The molecule has 2 bridgehead atoms. The third kappa shape index (κ3) is 6.51. The number of ether oxygens (including phenoxy) is 3. The fourth-order valence-corrected chi connectivity index (χ4v) is 4.79. The van der Waals surface area contributed by atoms with E-state index in [4.69, 9.17) is 14.2 Å². The molecule has 4 unspecified atom stereocenters. The molecule has 2 fully saturated rings. The van der Waals surface area contributed by atoms with Gasteiger partial charge in [0.05, 0.1) is 25.4 Å². The first-order valence-corrected chi connectivity index (χ1v) is 11.6. The van der Waals surface area contributed by atoms with Crippen molar-refractivity contribution in [3.05, 3.63) is 18.2 Å². The molecule has 1 aromatic rings. The lowest BCUT2D eigenvalue weighted by Crippen LogP contribution is -2.31. The summed E-state index contributed by atoms with van der Waals surface area (Å²) in [6.45, 7) is 4.63. The number of rotatable bonds is 14. The highest BCUT2D eigenvalue weighted by molar-refractivity contribution is 5.43. The van der Waals surface area contributed by atoms with Gasteiger partial charge in [-0.25, -0.2) is 0 Å². The second kappa shape index (κ2) is 11.7. The molecular weight excluding hydrogens is 368 g/mol. The van der Waals surface area contributed by atoms with Crippen molar-refractivity contribution in [1.82, 2.24) is 0 Å². The van der Waals surface area contributed by atoms with Crippen molar-refractivity contribution in [2.45, 2.75) is 83.3 Å². The number of aromatic hydroxyl groups is 2. The second-order valence-electron chi connectivity index (χ2n) is 8.60. The van der Waals surface area contributed by atoms with Gasteiger partial charge in [-0.1, -0.05) is 39.0 Å². The minimum absolute atomic E-state index is 0.120. The molecule has 164 valence electrons. The van der Waals surface area contributed by atoms with Crippen LogP contribution in [0.1, 0.15) is 71.1 Å². The van der Waals surface area contributed by atoms with Gasteiger partial charge in [-0.15, -0.1) is 0 Å². The van der Waals surface area contributed by atoms with Crippen molar-refractivity contribution in [2.75, 3.05) is 19.8 Å². The molecule has 0 aliphatic carbocycles. The molecule has 5 nitrogen and oxygen atoms in total. The van der Waals surface area contributed by atoms with Crippen LogP contribution >= 0.6 is 0 Å². The van der Waals surface area contributed by atoms with Crippen molar-refractivity contribution < 1.29 is 24.4 Å². The highest BCUT2D eigenvalue weighted by Crippen LogP contribution is 2.45. The predicted molar refractivity (Wildman–Crippen MR) is 114 cm³/mol. The van der Waals surface area contributed by atoms with E-state index >= 15 is 0 Å². The minimum atomic E-state index is -0.141. The lowest BCUT2D eigenvalue weighted by molar-refractivity contribution is 0.0473. The Balaban J connectivity index is 1.29. The van der Waals surface area contributed by atoms with Crippen LogP contribution in [0.15, 0.2) is 18.2 Å². The smallest absolute Gasteiger partial charge is 0.161 e. The Morgan fingerprint density at radius 1 is 0.897 bits per heavy atom. The van der Waals surface area contributed by atoms with Crippen molar-refractivity contribution in [1.29, 1.82) is 0 Å². The van der Waals surface area contributed by atoms with Gasteiger partial charge in [0.25, 0.3) is 0 Å². The Kier molecular flexibility index (Phi) is 8.93. The molecule has 2 heterocycles. The summed E-state index contributed by atoms with van der Waals surface area (Å²) in [6, 6.07) is 4.58. The fourth-order valence-electron chi connectivity index (χ4n) is 4.79. The number of phenolic OH excluding ortho intramolecular Hbond substituents is 2. The van der Waals surface area contributed by atoms with Crippen molar-refractivity contribution in [3.8, 4) is 17.2 Å². The van der Waals surface area contributed by atoms with E-state index in [2.05, 4.69) is 6.92 Å². The molecule has 29 heavy (non-hydrogen) atoms. The third-order valence-corrected chi connectivity index (χ3v) is 6.44. The predicted octanol–water partition coefficient (Wildman–Crippen LogP) is 5.43. The van der Waals surface area contributed by atoms with Crippen LogP contribution in [-0.2, 0) is 9.47 Å². The summed E-state index contributed by atoms with van der Waals surface area (Å²) < 4.78 is 17.9. The van der Waals surface area contributed by atoms with Gasteiger partial charge < -0.3 is 24.4 Å². The van der Waals surface area contributed by atoms with E-state index in [-0.39, 0.29) is 11.5 Å². The zero-order valence-corrected chi connectivity index (χ0v) is 17.9. The van der Waals surface area contributed by atoms with Crippen LogP contribution in [0.5, 0.6) is 17.2 Å². The number of hydrogen-bond acceptors (Lipinski definition) is 5. The van der Waals surface area contributed by atoms with Crippen LogP contribution in [0.3, 0.4) is 0 Å². The van der Waals surface area contributed by atoms with Crippen LogP contribution in [0.25, 0.3) is 0 Å². The number of unbranched alkanes of at least 4 members (excludes halogenated alkanes) is 5. The van der Waals surface area contributed by atoms with E-state index in [1.807, 2.05) is 0 Å². The summed E-state index contributed by atoms with van der Waals surface area (Å²) in [7, 11) is 0. The summed E-state index contributed by atoms with van der Waals surface area (Å²) in [4.78, 5) is 0. The third-order valence-electron chi connectivity index (χ3n) is 6.44. The highest BCUT2D eigenvalue weighted by atomic mass is 16.5. The maximum atomic E-state index is 9.50. The first-order chi connectivity index (χ1) is 14.2. The van der Waals surface area contributed by atoms with Gasteiger partial charge in [-0.2, -0.15) is 0 Å². The average molecular weight is 407 g/mol. The molecule has 0 amide bonds. The van der Waals surface area contributed by atoms with Gasteiger partial charge in [0.15, 0.2) is 11.5 Å². The fraction of sp³-hybridized carbons (Fsp3) is 0.750. The lowest BCUT2D eigenvalue weighted by Gasteiger charge is -2.28. The number of phenols is 2. The van der Waals surface area contributed by atoms with Crippen LogP contribution in [0.4, 0.5) is 0 Å². The van der Waals surface area contributed by atoms with Crippen LogP contribution in [0.2, 0.25) is 0 Å². The molecule has 0 aromatic heterocycles. The molecule has 0 radical (unpaired) electrons. The van der Waals surface area contributed by atoms with E-state index in [0.717, 1.165) is 26.1 Å². The molecule has 0 spiro atoms. The molecule has 2 aliphatic heterocycles. The minimum Gasteiger partial charge on any atom is -0.504 e. The molecule has 2 aliphatic rings. The van der Waals surface area contributed by atoms with E-state index < -0.39 is 0 Å². The summed E-state index contributed by atoms with van der Waals surface area (Å²) in [6.07, 6.45) is 12.8. The maximum Gasteiger partial charge on any atom is 0.161 e. The molecule has 2 saturated heterocycles. The van der Waals surface area contributed by atoms with Crippen LogP contribution < -0.4 is 4.74 Å². The molecule has 4 atom stereocenters. The van der Waals surface area contributed by atoms with Crippen molar-refractivity contribution in [2.24, 2.45) is 11.8 Å². The number of hydrogen-bond donors (Lipinski definition) is 2. The van der Waals surface area contributed by atoms with E-state index in [1.54, 1.807) is 6.07 Å². The van der Waals surface area contributed by atoms with Gasteiger partial charge in [0.2, 0.25) is 0 Å². The molecule has 3 rings (SSSR count). The monoisotopic (exact) mass is 406 g/mol.